The molecule has 1 aromatic carbocycles. The van der Waals surface area contributed by atoms with Crippen LogP contribution >= 0.6 is 11.6 Å². The van der Waals surface area contributed by atoms with Crippen LogP contribution in [-0.4, -0.2) is 15.6 Å². The third-order valence-corrected chi connectivity index (χ3v) is 4.10. The van der Waals surface area contributed by atoms with E-state index in [0.29, 0.717) is 27.9 Å². The number of para-hydroxylation sites is 1. The number of benzene rings is 1. The van der Waals surface area contributed by atoms with Gasteiger partial charge >= 0.3 is 0 Å². The van der Waals surface area contributed by atoms with Crippen LogP contribution in [0, 0.1) is 6.92 Å². The van der Waals surface area contributed by atoms with E-state index in [2.05, 4.69) is 5.10 Å². The molecule has 2 aromatic heterocycles. The molecule has 0 saturated carbocycles. The summed E-state index contributed by atoms with van der Waals surface area (Å²) in [5.74, 6) is 1.70. The third-order valence-electron chi connectivity index (χ3n) is 3.79. The molecule has 128 valence electrons. The topological polar surface area (TPSA) is 57.3 Å². The van der Waals surface area contributed by atoms with Crippen molar-refractivity contribution in [2.75, 3.05) is 0 Å². The average molecular weight is 357 g/mol. The zero-order valence-corrected chi connectivity index (χ0v) is 14.7. The molecule has 0 aliphatic heterocycles. The Labute approximate surface area is 150 Å². The Balaban J connectivity index is 1.62. The van der Waals surface area contributed by atoms with Crippen molar-refractivity contribution in [3.8, 4) is 5.75 Å². The maximum Gasteiger partial charge on any atom is 0.189 e. The Morgan fingerprint density at radius 3 is 2.84 bits per heavy atom. The summed E-state index contributed by atoms with van der Waals surface area (Å²) in [6.07, 6.45) is 4.67. The lowest BCUT2D eigenvalue weighted by Gasteiger charge is -2.05. The van der Waals surface area contributed by atoms with Gasteiger partial charge in [0.25, 0.3) is 0 Å². The predicted molar refractivity (Wildman–Crippen MR) is 95.8 cm³/mol. The van der Waals surface area contributed by atoms with Crippen LogP contribution in [0.1, 0.15) is 27.6 Å². The smallest absolute Gasteiger partial charge is 0.189 e. The largest absolute Gasteiger partial charge is 0.484 e. The Morgan fingerprint density at radius 2 is 2.12 bits per heavy atom. The second kappa shape index (κ2) is 7.40. The van der Waals surface area contributed by atoms with Gasteiger partial charge in [-0.05, 0) is 43.3 Å². The summed E-state index contributed by atoms with van der Waals surface area (Å²) >= 11 is 6.04. The summed E-state index contributed by atoms with van der Waals surface area (Å²) in [7, 11) is 1.80. The van der Waals surface area contributed by atoms with Gasteiger partial charge in [0.1, 0.15) is 23.9 Å². The highest BCUT2D eigenvalue weighted by Gasteiger charge is 2.10. The number of hydrogen-bond donors (Lipinski definition) is 0. The van der Waals surface area contributed by atoms with E-state index >= 15 is 0 Å². The molecule has 0 saturated heterocycles. The second-order valence-corrected chi connectivity index (χ2v) is 5.90. The number of aromatic nitrogens is 2. The Kier molecular flexibility index (Phi) is 5.05. The van der Waals surface area contributed by atoms with E-state index in [0.717, 1.165) is 5.69 Å². The lowest BCUT2D eigenvalue weighted by atomic mass is 10.1. The Hall–Kier alpha value is -2.79. The van der Waals surface area contributed by atoms with Crippen LogP contribution in [0.5, 0.6) is 5.75 Å². The maximum atomic E-state index is 12.2. The number of ketones is 1. The standard InChI is InChI=1S/C19H17ClN2O3/c1-13-16(11-21-22(13)2)18(23)10-9-14-7-8-15(25-14)12-24-19-6-4-3-5-17(19)20/h3-11H,12H2,1-2H3. The minimum absolute atomic E-state index is 0.115. The first-order valence-corrected chi connectivity index (χ1v) is 8.09. The number of hydrogen-bond acceptors (Lipinski definition) is 4. The van der Waals surface area contributed by atoms with Gasteiger partial charge in [-0.15, -0.1) is 0 Å². The molecule has 0 bridgehead atoms. The molecule has 25 heavy (non-hydrogen) atoms. The Morgan fingerprint density at radius 1 is 1.32 bits per heavy atom. The van der Waals surface area contributed by atoms with E-state index in [-0.39, 0.29) is 12.4 Å². The Bertz CT molecular complexity index is 924. The molecule has 0 spiro atoms. The second-order valence-electron chi connectivity index (χ2n) is 5.49. The summed E-state index contributed by atoms with van der Waals surface area (Å²) in [6.45, 7) is 2.11. The molecule has 0 atom stereocenters. The van der Waals surface area contributed by atoms with E-state index in [9.17, 15) is 4.79 Å². The van der Waals surface area contributed by atoms with Crippen molar-refractivity contribution in [2.24, 2.45) is 7.05 Å². The number of aryl methyl sites for hydroxylation is 1. The van der Waals surface area contributed by atoms with Crippen molar-refractivity contribution in [2.45, 2.75) is 13.5 Å². The molecule has 0 radical (unpaired) electrons. The summed E-state index contributed by atoms with van der Waals surface area (Å²) in [5, 5.41) is 4.62. The number of furan rings is 1. The van der Waals surface area contributed by atoms with Crippen LogP contribution in [0.25, 0.3) is 6.08 Å². The van der Waals surface area contributed by atoms with Gasteiger partial charge in [0, 0.05) is 12.7 Å². The summed E-state index contributed by atoms with van der Waals surface area (Å²) < 4.78 is 12.9. The lowest BCUT2D eigenvalue weighted by molar-refractivity contribution is 0.104. The number of carbonyl (C=O) groups excluding carboxylic acids is 1. The van der Waals surface area contributed by atoms with E-state index in [1.807, 2.05) is 19.1 Å². The van der Waals surface area contributed by atoms with Crippen LogP contribution < -0.4 is 4.74 Å². The predicted octanol–water partition coefficient (Wildman–Crippen LogP) is 4.45. The highest BCUT2D eigenvalue weighted by atomic mass is 35.5. The van der Waals surface area contributed by atoms with Gasteiger partial charge in [0.2, 0.25) is 0 Å². The SMILES string of the molecule is Cc1c(C(=O)C=Cc2ccc(COc3ccccc3Cl)o2)cnn1C. The molecule has 0 N–H and O–H groups in total. The molecule has 0 amide bonds. The minimum Gasteiger partial charge on any atom is -0.484 e. The number of nitrogens with zero attached hydrogens (tertiary/aromatic N) is 2. The van der Waals surface area contributed by atoms with Gasteiger partial charge in [-0.1, -0.05) is 23.7 Å². The fraction of sp³-hybridized carbons (Fsp3) is 0.158. The molecule has 2 heterocycles. The number of allylic oxidation sites excluding steroid dienone is 1. The van der Waals surface area contributed by atoms with E-state index in [1.165, 1.54) is 6.08 Å². The van der Waals surface area contributed by atoms with E-state index in [4.69, 9.17) is 20.8 Å². The number of ether oxygens (including phenoxy) is 1. The molecule has 3 rings (SSSR count). The third kappa shape index (κ3) is 4.00. The maximum absolute atomic E-state index is 12.2. The molecule has 0 aliphatic rings. The normalized spacial score (nSPS) is 11.2. The van der Waals surface area contributed by atoms with Gasteiger partial charge in [0.15, 0.2) is 5.78 Å². The van der Waals surface area contributed by atoms with Crippen molar-refractivity contribution in [3.05, 3.63) is 76.5 Å². The van der Waals surface area contributed by atoms with Crippen molar-refractivity contribution in [1.82, 2.24) is 9.78 Å². The first kappa shape index (κ1) is 17.0. The molecule has 0 unspecified atom stereocenters. The monoisotopic (exact) mass is 356 g/mol. The van der Waals surface area contributed by atoms with Gasteiger partial charge in [-0.2, -0.15) is 5.10 Å². The molecular formula is C19H17ClN2O3. The number of rotatable bonds is 6. The first-order valence-electron chi connectivity index (χ1n) is 7.71. The summed E-state index contributed by atoms with van der Waals surface area (Å²) in [5.41, 5.74) is 1.40. The first-order chi connectivity index (χ1) is 12.0. The van der Waals surface area contributed by atoms with E-state index < -0.39 is 0 Å². The zero-order chi connectivity index (χ0) is 17.8. The molecule has 5 nitrogen and oxygen atoms in total. The summed E-state index contributed by atoms with van der Waals surface area (Å²) in [6, 6.07) is 10.8. The van der Waals surface area contributed by atoms with Crippen LogP contribution in [0.2, 0.25) is 5.02 Å². The highest BCUT2D eigenvalue weighted by Crippen LogP contribution is 2.24. The van der Waals surface area contributed by atoms with Gasteiger partial charge in [0.05, 0.1) is 16.8 Å². The van der Waals surface area contributed by atoms with Crippen LogP contribution in [0.3, 0.4) is 0 Å². The molecule has 6 heteroatoms. The van der Waals surface area contributed by atoms with Crippen molar-refractivity contribution in [1.29, 1.82) is 0 Å². The fourth-order valence-electron chi connectivity index (χ4n) is 2.26. The van der Waals surface area contributed by atoms with Crippen LogP contribution in [-0.2, 0) is 13.7 Å². The van der Waals surface area contributed by atoms with Crippen molar-refractivity contribution >= 4 is 23.5 Å². The molecule has 0 aliphatic carbocycles. The van der Waals surface area contributed by atoms with Gasteiger partial charge < -0.3 is 9.15 Å². The number of carbonyl (C=O) groups is 1. The van der Waals surface area contributed by atoms with Gasteiger partial charge in [-0.3, -0.25) is 9.48 Å². The van der Waals surface area contributed by atoms with Crippen molar-refractivity contribution in [3.63, 3.8) is 0 Å². The van der Waals surface area contributed by atoms with Crippen molar-refractivity contribution < 1.29 is 13.9 Å². The summed E-state index contributed by atoms with van der Waals surface area (Å²) in [4.78, 5) is 12.2. The minimum atomic E-state index is -0.115. The number of halogens is 1. The molecular weight excluding hydrogens is 340 g/mol. The highest BCUT2D eigenvalue weighted by molar-refractivity contribution is 6.32. The van der Waals surface area contributed by atoms with Crippen LogP contribution in [0.4, 0.5) is 0 Å². The molecule has 3 aromatic rings. The lowest BCUT2D eigenvalue weighted by Crippen LogP contribution is -1.98. The van der Waals surface area contributed by atoms with E-state index in [1.54, 1.807) is 48.3 Å². The fourth-order valence-corrected chi connectivity index (χ4v) is 2.45. The average Bonchev–Trinajstić information content (AvgIpc) is 3.19. The molecule has 0 fully saturated rings. The quantitative estimate of drug-likeness (QED) is 0.483. The van der Waals surface area contributed by atoms with Gasteiger partial charge in [-0.25, -0.2) is 0 Å². The zero-order valence-electron chi connectivity index (χ0n) is 13.9. The van der Waals surface area contributed by atoms with Crippen LogP contribution in [0.15, 0.2) is 53.1 Å².